The van der Waals surface area contributed by atoms with Crippen LogP contribution in [-0.2, 0) is 0 Å². The van der Waals surface area contributed by atoms with Gasteiger partial charge in [0.1, 0.15) is 0 Å². The van der Waals surface area contributed by atoms with E-state index < -0.39 is 0 Å². The summed E-state index contributed by atoms with van der Waals surface area (Å²) in [6.07, 6.45) is 13.1. The normalized spacial score (nSPS) is 11.8. The fourth-order valence-electron chi connectivity index (χ4n) is 2.17. The first kappa shape index (κ1) is 16.2. The molecule has 0 rings (SSSR count). The van der Waals surface area contributed by atoms with E-state index >= 15 is 0 Å². The Bertz CT molecular complexity index is 269. The van der Waals surface area contributed by atoms with Crippen molar-refractivity contribution in [3.8, 4) is 0 Å². The number of allylic oxidation sites excluding steroid dienone is 4. The third kappa shape index (κ3) is 6.52. The maximum atomic E-state index is 3.88. The number of rotatable bonds is 10. The molecule has 0 aliphatic heterocycles. The molecule has 0 bridgehead atoms. The second-order valence-electron chi connectivity index (χ2n) is 4.63. The van der Waals surface area contributed by atoms with Crippen LogP contribution < -0.4 is 0 Å². The maximum absolute atomic E-state index is 3.88. The Labute approximate surface area is 111 Å². The Morgan fingerprint density at radius 2 is 1.71 bits per heavy atom. The lowest BCUT2D eigenvalue weighted by molar-refractivity contribution is 0.775. The van der Waals surface area contributed by atoms with E-state index in [1.165, 1.54) is 19.3 Å². The molecule has 0 radical (unpaired) electrons. The molecule has 0 spiro atoms. The molecule has 0 unspecified atom stereocenters. The zero-order valence-corrected chi connectivity index (χ0v) is 13.7. The van der Waals surface area contributed by atoms with Gasteiger partial charge in [-0.05, 0) is 19.3 Å². The molecule has 0 aromatic heterocycles. The van der Waals surface area contributed by atoms with E-state index in [0.717, 1.165) is 29.3 Å². The van der Waals surface area contributed by atoms with Gasteiger partial charge in [0.05, 0.1) is 0 Å². The van der Waals surface area contributed by atoms with Crippen molar-refractivity contribution in [2.45, 2.75) is 45.2 Å². The van der Waals surface area contributed by atoms with Crippen molar-refractivity contribution < 1.29 is 0 Å². The summed E-state index contributed by atoms with van der Waals surface area (Å²) in [5, 5.41) is 1.66. The highest BCUT2D eigenvalue weighted by molar-refractivity contribution is 6.77. The molecule has 0 nitrogen and oxygen atoms in total. The molecule has 0 aromatic rings. The monoisotopic (exact) mass is 246 g/mol. The molecule has 0 heterocycles. The van der Waals surface area contributed by atoms with E-state index in [0.29, 0.717) is 6.71 Å². The second-order valence-corrected chi connectivity index (χ2v) is 5.71. The molecule has 0 amide bonds. The van der Waals surface area contributed by atoms with Gasteiger partial charge in [-0.15, -0.1) is 24.8 Å². The average Bonchev–Trinajstić information content (AvgIpc) is 2.33. The smallest absolute Gasteiger partial charge is 0.119 e. The van der Waals surface area contributed by atoms with Gasteiger partial charge in [0.25, 0.3) is 0 Å². The van der Waals surface area contributed by atoms with Crippen molar-refractivity contribution in [3.63, 3.8) is 0 Å². The molecular formula is C15H27BSi. The zero-order chi connectivity index (χ0) is 13.1. The maximum Gasteiger partial charge on any atom is 0.172 e. The van der Waals surface area contributed by atoms with Gasteiger partial charge in [0.15, 0.2) is 6.71 Å². The molecule has 0 fully saturated rings. The highest BCUT2D eigenvalue weighted by atomic mass is 28.1. The predicted molar refractivity (Wildman–Crippen MR) is 87.1 cm³/mol. The fourth-order valence-corrected chi connectivity index (χ4v) is 3.09. The molecular weight excluding hydrogens is 219 g/mol. The van der Waals surface area contributed by atoms with Crippen LogP contribution in [0.2, 0.25) is 12.6 Å². The largest absolute Gasteiger partial charge is 0.172 e. The van der Waals surface area contributed by atoms with Crippen molar-refractivity contribution in [1.29, 1.82) is 0 Å². The van der Waals surface area contributed by atoms with Gasteiger partial charge in [-0.25, -0.2) is 0 Å². The highest BCUT2D eigenvalue weighted by Crippen LogP contribution is 2.20. The van der Waals surface area contributed by atoms with E-state index in [-0.39, 0.29) is 0 Å². The SMILES string of the molecule is C=CCB(CC=C)C([SiH3])=C(CC=C)CCCC. The van der Waals surface area contributed by atoms with Gasteiger partial charge >= 0.3 is 0 Å². The lowest BCUT2D eigenvalue weighted by Gasteiger charge is -2.16. The molecule has 94 valence electrons. The van der Waals surface area contributed by atoms with Crippen molar-refractivity contribution in [1.82, 2.24) is 0 Å². The van der Waals surface area contributed by atoms with Crippen LogP contribution in [0.3, 0.4) is 0 Å². The minimum atomic E-state index is 0.642. The average molecular weight is 246 g/mol. The lowest BCUT2D eigenvalue weighted by atomic mass is 9.44. The zero-order valence-electron chi connectivity index (χ0n) is 11.7. The van der Waals surface area contributed by atoms with Crippen molar-refractivity contribution in [3.05, 3.63) is 48.6 Å². The summed E-state index contributed by atoms with van der Waals surface area (Å²) in [4.78, 5) is 0. The lowest BCUT2D eigenvalue weighted by Crippen LogP contribution is -2.17. The molecule has 0 saturated carbocycles. The number of hydrogen-bond donors (Lipinski definition) is 0. The summed E-state index contributed by atoms with van der Waals surface area (Å²) in [6.45, 7) is 14.5. The van der Waals surface area contributed by atoms with Crippen LogP contribution in [-0.4, -0.2) is 17.0 Å². The molecule has 17 heavy (non-hydrogen) atoms. The molecule has 0 aliphatic rings. The van der Waals surface area contributed by atoms with E-state index in [2.05, 4.69) is 26.7 Å². The Morgan fingerprint density at radius 3 is 2.12 bits per heavy atom. The quantitative estimate of drug-likeness (QED) is 0.406. The van der Waals surface area contributed by atoms with Crippen LogP contribution in [0.4, 0.5) is 0 Å². The molecule has 0 atom stereocenters. The summed E-state index contributed by atoms with van der Waals surface area (Å²) in [7, 11) is 1.15. The van der Waals surface area contributed by atoms with Crippen LogP contribution in [0.5, 0.6) is 0 Å². The van der Waals surface area contributed by atoms with Gasteiger partial charge in [0, 0.05) is 10.2 Å². The van der Waals surface area contributed by atoms with Crippen LogP contribution >= 0.6 is 0 Å². The minimum absolute atomic E-state index is 0.642. The van der Waals surface area contributed by atoms with Crippen molar-refractivity contribution in [2.24, 2.45) is 0 Å². The van der Waals surface area contributed by atoms with Gasteiger partial charge in [0.2, 0.25) is 0 Å². The van der Waals surface area contributed by atoms with Gasteiger partial charge in [-0.2, -0.15) is 0 Å². The second kappa shape index (κ2) is 10.4. The van der Waals surface area contributed by atoms with Gasteiger partial charge in [-0.1, -0.05) is 49.8 Å². The van der Waals surface area contributed by atoms with E-state index in [1.807, 2.05) is 18.2 Å². The van der Waals surface area contributed by atoms with Gasteiger partial charge in [-0.3, -0.25) is 0 Å². The van der Waals surface area contributed by atoms with E-state index in [4.69, 9.17) is 0 Å². The molecule has 0 saturated heterocycles. The minimum Gasteiger partial charge on any atom is -0.119 e. The van der Waals surface area contributed by atoms with Crippen LogP contribution in [0.1, 0.15) is 32.6 Å². The molecule has 2 heteroatoms. The standard InChI is InChI=1S/C15H27BSi/c1-5-9-11-14(10-6-2)15(17)16(12-7-3)13-8-4/h6-8H,2-5,9-13H2,1,17H3. The Kier molecular flexibility index (Phi) is 9.94. The predicted octanol–water partition coefficient (Wildman–Crippen LogP) is 3.78. The summed E-state index contributed by atoms with van der Waals surface area (Å²) >= 11 is 0. The van der Waals surface area contributed by atoms with E-state index in [1.54, 1.807) is 10.7 Å². The third-order valence-corrected chi connectivity index (χ3v) is 4.82. The molecule has 0 aromatic carbocycles. The van der Waals surface area contributed by atoms with Crippen molar-refractivity contribution in [2.75, 3.05) is 0 Å². The van der Waals surface area contributed by atoms with Crippen molar-refractivity contribution >= 4 is 17.0 Å². The first-order chi connectivity index (χ1) is 8.21. The van der Waals surface area contributed by atoms with E-state index in [9.17, 15) is 0 Å². The molecule has 0 N–H and O–H groups in total. The first-order valence-corrected chi connectivity index (χ1v) is 7.72. The van der Waals surface area contributed by atoms with Gasteiger partial charge < -0.3 is 0 Å². The van der Waals surface area contributed by atoms with Crippen LogP contribution in [0.25, 0.3) is 0 Å². The summed E-state index contributed by atoms with van der Waals surface area (Å²) < 4.78 is 0. The summed E-state index contributed by atoms with van der Waals surface area (Å²) in [5.74, 6) is 0. The Hall–Kier alpha value is -0.758. The van der Waals surface area contributed by atoms with Crippen LogP contribution in [0, 0.1) is 0 Å². The Balaban J connectivity index is 4.87. The fraction of sp³-hybridized carbons (Fsp3) is 0.467. The number of hydrogen-bond acceptors (Lipinski definition) is 0. The topological polar surface area (TPSA) is 0 Å². The van der Waals surface area contributed by atoms with Crippen LogP contribution in [0.15, 0.2) is 48.6 Å². The molecule has 0 aliphatic carbocycles. The third-order valence-electron chi connectivity index (χ3n) is 3.30. The highest BCUT2D eigenvalue weighted by Gasteiger charge is 2.15. The Morgan fingerprint density at radius 1 is 1.12 bits per heavy atom. The summed E-state index contributed by atoms with van der Waals surface area (Å²) in [6, 6.07) is 0. The summed E-state index contributed by atoms with van der Waals surface area (Å²) in [5.41, 5.74) is 1.63. The number of unbranched alkanes of at least 4 members (excludes halogenated alkanes) is 1. The first-order valence-electron chi connectivity index (χ1n) is 6.72.